The van der Waals surface area contributed by atoms with Crippen molar-refractivity contribution in [3.63, 3.8) is 0 Å². The van der Waals surface area contributed by atoms with Crippen LogP contribution in [0.2, 0.25) is 0 Å². The average Bonchev–Trinajstić information content (AvgIpc) is 3.22. The first-order chi connectivity index (χ1) is 12.0. The molecule has 9 heteroatoms. The third kappa shape index (κ3) is 3.82. The summed E-state index contributed by atoms with van der Waals surface area (Å²) < 4.78 is 1.49. The van der Waals surface area contributed by atoms with Gasteiger partial charge in [0.2, 0.25) is 11.8 Å². The van der Waals surface area contributed by atoms with Crippen LogP contribution in [0, 0.1) is 10.1 Å². The summed E-state index contributed by atoms with van der Waals surface area (Å²) in [5, 5.41) is 17.6. The lowest BCUT2D eigenvalue weighted by Gasteiger charge is -2.15. The number of hydrogen-bond donors (Lipinski definition) is 1. The van der Waals surface area contributed by atoms with Crippen LogP contribution in [0.25, 0.3) is 5.69 Å². The van der Waals surface area contributed by atoms with E-state index in [-0.39, 0.29) is 23.9 Å². The monoisotopic (exact) mass is 343 g/mol. The molecular weight excluding hydrogens is 326 g/mol. The van der Waals surface area contributed by atoms with Crippen LogP contribution in [0.3, 0.4) is 0 Å². The maximum Gasteiger partial charge on any atom is 0.269 e. The van der Waals surface area contributed by atoms with E-state index >= 15 is 0 Å². The van der Waals surface area contributed by atoms with Gasteiger partial charge in [-0.05, 0) is 18.6 Å². The van der Waals surface area contributed by atoms with Gasteiger partial charge in [0.25, 0.3) is 5.69 Å². The standard InChI is InChI=1S/C16H17N5O4/c22-15(8-11-19-10-1-2-16(19)23)18-14-7-9-17-20(14)12-3-5-13(6-4-12)21(24)25/h3-7,9H,1-2,8,10-11H2,(H,18,22). The molecule has 130 valence electrons. The molecule has 1 aliphatic rings. The third-order valence-electron chi connectivity index (χ3n) is 4.00. The molecule has 25 heavy (non-hydrogen) atoms. The van der Waals surface area contributed by atoms with Gasteiger partial charge >= 0.3 is 0 Å². The molecule has 0 spiro atoms. The molecule has 1 aromatic heterocycles. The number of benzene rings is 1. The van der Waals surface area contributed by atoms with Crippen molar-refractivity contribution in [1.82, 2.24) is 14.7 Å². The van der Waals surface area contributed by atoms with Gasteiger partial charge in [-0.15, -0.1) is 0 Å². The van der Waals surface area contributed by atoms with Crippen molar-refractivity contribution >= 4 is 23.3 Å². The Morgan fingerprint density at radius 2 is 2.04 bits per heavy atom. The van der Waals surface area contributed by atoms with Crippen LogP contribution in [0.5, 0.6) is 0 Å². The Hall–Kier alpha value is -3.23. The van der Waals surface area contributed by atoms with E-state index in [9.17, 15) is 19.7 Å². The Morgan fingerprint density at radius 1 is 1.28 bits per heavy atom. The van der Waals surface area contributed by atoms with Gasteiger partial charge in [-0.1, -0.05) is 0 Å². The van der Waals surface area contributed by atoms with Gasteiger partial charge in [0.1, 0.15) is 5.82 Å². The summed E-state index contributed by atoms with van der Waals surface area (Å²) >= 11 is 0. The zero-order valence-electron chi connectivity index (χ0n) is 13.4. The highest BCUT2D eigenvalue weighted by atomic mass is 16.6. The zero-order chi connectivity index (χ0) is 17.8. The van der Waals surface area contributed by atoms with Crippen molar-refractivity contribution < 1.29 is 14.5 Å². The molecule has 2 aromatic rings. The lowest BCUT2D eigenvalue weighted by atomic mass is 10.3. The highest BCUT2D eigenvalue weighted by Gasteiger charge is 2.20. The van der Waals surface area contributed by atoms with Gasteiger partial charge in [0, 0.05) is 44.1 Å². The van der Waals surface area contributed by atoms with Crippen LogP contribution in [0.4, 0.5) is 11.5 Å². The first kappa shape index (κ1) is 16.6. The SMILES string of the molecule is O=C(CCN1CCCC1=O)Nc1ccnn1-c1ccc([N+](=O)[O-])cc1. The first-order valence-electron chi connectivity index (χ1n) is 7.91. The molecule has 0 atom stereocenters. The molecule has 0 aliphatic carbocycles. The van der Waals surface area contributed by atoms with Gasteiger partial charge in [-0.25, -0.2) is 4.68 Å². The molecule has 1 saturated heterocycles. The number of amides is 2. The summed E-state index contributed by atoms with van der Waals surface area (Å²) in [6.45, 7) is 1.10. The number of likely N-dealkylation sites (tertiary alicyclic amines) is 1. The molecule has 1 N–H and O–H groups in total. The molecule has 1 aromatic carbocycles. The summed E-state index contributed by atoms with van der Waals surface area (Å²) in [6, 6.07) is 7.51. The minimum Gasteiger partial charge on any atom is -0.342 e. The minimum atomic E-state index is -0.477. The molecular formula is C16H17N5O4. The van der Waals surface area contributed by atoms with Crippen molar-refractivity contribution in [1.29, 1.82) is 0 Å². The average molecular weight is 343 g/mol. The van der Waals surface area contributed by atoms with Crippen LogP contribution in [0.15, 0.2) is 36.5 Å². The molecule has 3 rings (SSSR count). The van der Waals surface area contributed by atoms with Crippen molar-refractivity contribution in [3.8, 4) is 5.69 Å². The fraction of sp³-hybridized carbons (Fsp3) is 0.312. The number of aromatic nitrogens is 2. The van der Waals surface area contributed by atoms with E-state index < -0.39 is 4.92 Å². The Balaban J connectivity index is 1.64. The van der Waals surface area contributed by atoms with Crippen LogP contribution in [0.1, 0.15) is 19.3 Å². The third-order valence-corrected chi connectivity index (χ3v) is 4.00. The number of nitrogens with one attached hydrogen (secondary N) is 1. The second-order valence-electron chi connectivity index (χ2n) is 5.68. The topological polar surface area (TPSA) is 110 Å². The fourth-order valence-corrected chi connectivity index (χ4v) is 2.70. The summed E-state index contributed by atoms with van der Waals surface area (Å²) in [5.74, 6) is 0.332. The van der Waals surface area contributed by atoms with Crippen molar-refractivity contribution in [2.75, 3.05) is 18.4 Å². The summed E-state index contributed by atoms with van der Waals surface area (Å²) in [7, 11) is 0. The maximum absolute atomic E-state index is 12.1. The van der Waals surface area contributed by atoms with Gasteiger partial charge in [-0.3, -0.25) is 19.7 Å². The number of anilines is 1. The molecule has 0 saturated carbocycles. The fourth-order valence-electron chi connectivity index (χ4n) is 2.70. The molecule has 0 bridgehead atoms. The Labute approximate surface area is 143 Å². The largest absolute Gasteiger partial charge is 0.342 e. The smallest absolute Gasteiger partial charge is 0.269 e. The first-order valence-corrected chi connectivity index (χ1v) is 7.91. The van der Waals surface area contributed by atoms with Gasteiger partial charge in [-0.2, -0.15) is 5.10 Å². The van der Waals surface area contributed by atoms with E-state index in [1.54, 1.807) is 23.1 Å². The molecule has 1 aliphatic heterocycles. The molecule has 2 heterocycles. The number of carbonyl (C=O) groups is 2. The van der Waals surface area contributed by atoms with E-state index in [1.165, 1.54) is 23.0 Å². The number of hydrogen-bond acceptors (Lipinski definition) is 5. The van der Waals surface area contributed by atoms with E-state index in [0.717, 1.165) is 6.42 Å². The van der Waals surface area contributed by atoms with Crippen LogP contribution in [-0.2, 0) is 9.59 Å². The van der Waals surface area contributed by atoms with E-state index in [1.807, 2.05) is 0 Å². The number of nitrogens with zero attached hydrogens (tertiary/aromatic N) is 4. The number of non-ortho nitro benzene ring substituents is 1. The molecule has 0 unspecified atom stereocenters. The summed E-state index contributed by atoms with van der Waals surface area (Å²) in [6.07, 6.45) is 3.13. The normalized spacial score (nSPS) is 13.9. The van der Waals surface area contributed by atoms with Crippen molar-refractivity contribution in [3.05, 3.63) is 46.6 Å². The number of carbonyl (C=O) groups excluding carboxylic acids is 2. The molecule has 1 fully saturated rings. The van der Waals surface area contributed by atoms with Crippen LogP contribution in [-0.4, -0.2) is 44.5 Å². The lowest BCUT2D eigenvalue weighted by Crippen LogP contribution is -2.29. The van der Waals surface area contributed by atoms with Crippen LogP contribution < -0.4 is 5.32 Å². The maximum atomic E-state index is 12.1. The number of nitro benzene ring substituents is 1. The van der Waals surface area contributed by atoms with Crippen LogP contribution >= 0.6 is 0 Å². The number of nitro groups is 1. The second kappa shape index (κ2) is 7.12. The van der Waals surface area contributed by atoms with E-state index in [4.69, 9.17) is 0 Å². The quantitative estimate of drug-likeness (QED) is 0.634. The predicted molar refractivity (Wildman–Crippen MR) is 89.3 cm³/mol. The molecule has 2 amide bonds. The lowest BCUT2D eigenvalue weighted by molar-refractivity contribution is -0.384. The minimum absolute atomic E-state index is 0.0169. The number of rotatable bonds is 6. The molecule has 0 radical (unpaired) electrons. The second-order valence-corrected chi connectivity index (χ2v) is 5.68. The molecule has 9 nitrogen and oxygen atoms in total. The van der Waals surface area contributed by atoms with E-state index in [2.05, 4.69) is 10.4 Å². The predicted octanol–water partition coefficient (Wildman–Crippen LogP) is 1.73. The van der Waals surface area contributed by atoms with Gasteiger partial charge in [0.15, 0.2) is 0 Å². The van der Waals surface area contributed by atoms with Crippen molar-refractivity contribution in [2.24, 2.45) is 0 Å². The highest BCUT2D eigenvalue weighted by Crippen LogP contribution is 2.19. The zero-order valence-corrected chi connectivity index (χ0v) is 13.4. The summed E-state index contributed by atoms with van der Waals surface area (Å²) in [5.41, 5.74) is 0.581. The highest BCUT2D eigenvalue weighted by molar-refractivity contribution is 5.90. The Bertz CT molecular complexity index is 799. The summed E-state index contributed by atoms with van der Waals surface area (Å²) in [4.78, 5) is 35.6. The van der Waals surface area contributed by atoms with Gasteiger partial charge < -0.3 is 10.2 Å². The van der Waals surface area contributed by atoms with E-state index in [0.29, 0.717) is 31.0 Å². The Kier molecular flexibility index (Phi) is 4.73. The van der Waals surface area contributed by atoms with Gasteiger partial charge in [0.05, 0.1) is 16.8 Å². The van der Waals surface area contributed by atoms with Crippen molar-refractivity contribution in [2.45, 2.75) is 19.3 Å². The Morgan fingerprint density at radius 3 is 2.68 bits per heavy atom.